The fourth-order valence-corrected chi connectivity index (χ4v) is 4.63. The third kappa shape index (κ3) is 3.56. The van der Waals surface area contributed by atoms with Crippen molar-refractivity contribution in [2.24, 2.45) is 5.10 Å². The first-order valence-corrected chi connectivity index (χ1v) is 11.3. The number of hydrazone groups is 1. The van der Waals surface area contributed by atoms with E-state index in [-0.39, 0.29) is 12.3 Å². The number of benzene rings is 3. The van der Waals surface area contributed by atoms with Gasteiger partial charge in [-0.3, -0.25) is 0 Å². The van der Waals surface area contributed by atoms with Crippen LogP contribution in [0.1, 0.15) is 24.0 Å². The van der Waals surface area contributed by atoms with Crippen LogP contribution in [-0.4, -0.2) is 29.8 Å². The van der Waals surface area contributed by atoms with Crippen LogP contribution < -0.4 is 5.01 Å². The number of esters is 2. The topological polar surface area (TPSA) is 68.2 Å². The molecule has 0 saturated carbocycles. The van der Waals surface area contributed by atoms with Gasteiger partial charge in [0.05, 0.1) is 18.2 Å². The summed E-state index contributed by atoms with van der Waals surface area (Å²) < 4.78 is 11.2. The molecule has 2 heterocycles. The molecular formula is C27H21ClN2O4. The second kappa shape index (κ2) is 8.80. The molecule has 2 aliphatic rings. The lowest BCUT2D eigenvalue weighted by Crippen LogP contribution is -2.51. The second-order valence-electron chi connectivity index (χ2n) is 7.93. The van der Waals surface area contributed by atoms with Crippen molar-refractivity contribution in [3.8, 4) is 0 Å². The molecule has 0 fully saturated rings. The van der Waals surface area contributed by atoms with Gasteiger partial charge in [-0.1, -0.05) is 78.3 Å². The van der Waals surface area contributed by atoms with E-state index in [1.807, 2.05) is 60.7 Å². The van der Waals surface area contributed by atoms with Crippen LogP contribution in [0.25, 0.3) is 5.76 Å². The van der Waals surface area contributed by atoms with Gasteiger partial charge in [0.1, 0.15) is 5.76 Å². The lowest BCUT2D eigenvalue weighted by molar-refractivity contribution is -0.139. The van der Waals surface area contributed by atoms with E-state index >= 15 is 0 Å². The molecule has 2 aliphatic heterocycles. The van der Waals surface area contributed by atoms with Gasteiger partial charge in [-0.2, -0.15) is 5.10 Å². The highest BCUT2D eigenvalue weighted by atomic mass is 35.5. The van der Waals surface area contributed by atoms with E-state index in [0.29, 0.717) is 16.5 Å². The van der Waals surface area contributed by atoms with Crippen molar-refractivity contribution in [1.29, 1.82) is 0 Å². The summed E-state index contributed by atoms with van der Waals surface area (Å²) in [6, 6.07) is 25.7. The first-order chi connectivity index (χ1) is 16.5. The van der Waals surface area contributed by atoms with Crippen LogP contribution in [-0.2, 0) is 19.1 Å². The number of carbonyl (C=O) groups excluding carboxylic acids is 2. The highest BCUT2D eigenvalue weighted by Gasteiger charge is 2.62. The number of anilines is 1. The monoisotopic (exact) mass is 472 g/mol. The standard InChI is InChI=1S/C27H21ClN2O4/c1-2-33-25(31)24-23(19-12-7-4-8-13-19)27(30(29-24)21-15-9-14-20(28)16-21)17-22(34-26(27)32)18-10-5-3-6-11-18/h3-17,23H,2H2,1H3/t23-,27-/m1/s1. The summed E-state index contributed by atoms with van der Waals surface area (Å²) in [6.07, 6.45) is 1.75. The highest BCUT2D eigenvalue weighted by molar-refractivity contribution is 6.41. The summed E-state index contributed by atoms with van der Waals surface area (Å²) in [5.41, 5.74) is 0.710. The summed E-state index contributed by atoms with van der Waals surface area (Å²) in [5, 5.41) is 6.66. The predicted octanol–water partition coefficient (Wildman–Crippen LogP) is 5.20. The maximum atomic E-state index is 13.8. The zero-order chi connectivity index (χ0) is 23.7. The van der Waals surface area contributed by atoms with Crippen LogP contribution in [0.15, 0.2) is 96.1 Å². The smallest absolute Gasteiger partial charge is 0.355 e. The number of cyclic esters (lactones) is 1. The van der Waals surface area contributed by atoms with Gasteiger partial charge in [-0.15, -0.1) is 0 Å². The lowest BCUT2D eigenvalue weighted by Gasteiger charge is -2.34. The number of carbonyl (C=O) groups is 2. The largest absolute Gasteiger partial charge is 0.461 e. The van der Waals surface area contributed by atoms with E-state index < -0.39 is 23.4 Å². The minimum atomic E-state index is -1.45. The summed E-state index contributed by atoms with van der Waals surface area (Å²) in [5.74, 6) is -1.49. The average molecular weight is 473 g/mol. The molecule has 0 bridgehead atoms. The van der Waals surface area contributed by atoms with E-state index in [4.69, 9.17) is 21.1 Å². The van der Waals surface area contributed by atoms with Crippen LogP contribution >= 0.6 is 11.6 Å². The van der Waals surface area contributed by atoms with Crippen molar-refractivity contribution >= 4 is 40.7 Å². The van der Waals surface area contributed by atoms with Crippen molar-refractivity contribution in [2.75, 3.05) is 11.6 Å². The Morgan fingerprint density at radius 2 is 1.76 bits per heavy atom. The maximum Gasteiger partial charge on any atom is 0.355 e. The van der Waals surface area contributed by atoms with Gasteiger partial charge in [-0.25, -0.2) is 14.6 Å². The average Bonchev–Trinajstić information content (AvgIpc) is 3.38. The fraction of sp³-hybridized carbons (Fsp3) is 0.148. The van der Waals surface area contributed by atoms with Gasteiger partial charge in [0.25, 0.3) is 0 Å². The van der Waals surface area contributed by atoms with Crippen LogP contribution in [0.2, 0.25) is 5.02 Å². The molecule has 0 saturated heterocycles. The molecule has 0 radical (unpaired) electrons. The molecule has 0 amide bonds. The Morgan fingerprint density at radius 1 is 1.06 bits per heavy atom. The Labute approximate surface area is 202 Å². The number of rotatable bonds is 5. The predicted molar refractivity (Wildman–Crippen MR) is 130 cm³/mol. The molecule has 170 valence electrons. The molecule has 3 aromatic rings. The first-order valence-electron chi connectivity index (χ1n) is 10.9. The van der Waals surface area contributed by atoms with Gasteiger partial charge in [0, 0.05) is 10.6 Å². The molecule has 0 aromatic heterocycles. The van der Waals surface area contributed by atoms with Gasteiger partial charge in [-0.05, 0) is 36.8 Å². The second-order valence-corrected chi connectivity index (χ2v) is 8.37. The minimum Gasteiger partial charge on any atom is -0.461 e. The Morgan fingerprint density at radius 3 is 2.44 bits per heavy atom. The van der Waals surface area contributed by atoms with Crippen LogP contribution in [0, 0.1) is 0 Å². The molecule has 5 rings (SSSR count). The molecule has 34 heavy (non-hydrogen) atoms. The van der Waals surface area contributed by atoms with E-state index in [0.717, 1.165) is 11.1 Å². The van der Waals surface area contributed by atoms with Crippen molar-refractivity contribution in [3.63, 3.8) is 0 Å². The third-order valence-electron chi connectivity index (χ3n) is 5.88. The summed E-state index contributed by atoms with van der Waals surface area (Å²) in [7, 11) is 0. The Balaban J connectivity index is 1.76. The molecule has 1 spiro atoms. The first kappa shape index (κ1) is 21.9. The normalized spacial score (nSPS) is 21.3. The quantitative estimate of drug-likeness (QED) is 0.477. The van der Waals surface area contributed by atoms with Crippen molar-refractivity contribution in [2.45, 2.75) is 18.4 Å². The van der Waals surface area contributed by atoms with Crippen molar-refractivity contribution in [3.05, 3.63) is 107 Å². The summed E-state index contributed by atoms with van der Waals surface area (Å²) >= 11 is 6.28. The molecule has 3 aromatic carbocycles. The molecule has 0 unspecified atom stereocenters. The maximum absolute atomic E-state index is 13.8. The van der Waals surface area contributed by atoms with Crippen LogP contribution in [0.5, 0.6) is 0 Å². The zero-order valence-corrected chi connectivity index (χ0v) is 19.1. The van der Waals surface area contributed by atoms with E-state index in [1.54, 1.807) is 37.3 Å². The van der Waals surface area contributed by atoms with E-state index in [9.17, 15) is 9.59 Å². The lowest BCUT2D eigenvalue weighted by atomic mass is 9.76. The van der Waals surface area contributed by atoms with Crippen molar-refractivity contribution < 1.29 is 19.1 Å². The third-order valence-corrected chi connectivity index (χ3v) is 6.12. The Hall–Kier alpha value is -3.90. The number of nitrogens with zero attached hydrogens (tertiary/aromatic N) is 2. The van der Waals surface area contributed by atoms with Crippen molar-refractivity contribution in [1.82, 2.24) is 0 Å². The molecule has 7 heteroatoms. The van der Waals surface area contributed by atoms with Gasteiger partial charge in [0.2, 0.25) is 0 Å². The van der Waals surface area contributed by atoms with E-state index in [1.165, 1.54) is 5.01 Å². The van der Waals surface area contributed by atoms with E-state index in [2.05, 4.69) is 5.10 Å². The minimum absolute atomic E-state index is 0.121. The molecular weight excluding hydrogens is 452 g/mol. The number of ether oxygens (including phenoxy) is 2. The van der Waals surface area contributed by atoms with Crippen LogP contribution in [0.3, 0.4) is 0 Å². The molecule has 2 atom stereocenters. The zero-order valence-electron chi connectivity index (χ0n) is 18.4. The van der Waals surface area contributed by atoms with Gasteiger partial charge >= 0.3 is 11.9 Å². The SMILES string of the molecule is CCOC(=O)C1=NN(c2cccc(Cl)c2)[C@]2(C=C(c3ccccc3)OC2=O)[C@@H]1c1ccccc1. The number of hydrogen-bond donors (Lipinski definition) is 0. The molecule has 0 N–H and O–H groups in total. The number of halogens is 1. The Kier molecular flexibility index (Phi) is 5.67. The highest BCUT2D eigenvalue weighted by Crippen LogP contribution is 2.50. The number of hydrogen-bond acceptors (Lipinski definition) is 6. The van der Waals surface area contributed by atoms with Crippen LogP contribution in [0.4, 0.5) is 5.69 Å². The summed E-state index contributed by atoms with van der Waals surface area (Å²) in [6.45, 7) is 1.91. The van der Waals surface area contributed by atoms with Gasteiger partial charge in [0.15, 0.2) is 11.3 Å². The summed E-state index contributed by atoms with van der Waals surface area (Å²) in [4.78, 5) is 26.9. The fourth-order valence-electron chi connectivity index (χ4n) is 4.44. The molecule has 0 aliphatic carbocycles. The Bertz CT molecular complexity index is 1310. The molecule has 6 nitrogen and oxygen atoms in total. The van der Waals surface area contributed by atoms with Gasteiger partial charge < -0.3 is 9.47 Å².